The second-order valence-electron chi connectivity index (χ2n) is 4.23. The third-order valence-corrected chi connectivity index (χ3v) is 2.85. The molecule has 1 N–H and O–H groups in total. The van der Waals surface area contributed by atoms with E-state index in [2.05, 4.69) is 10.4 Å². The average molecular weight is 222 g/mol. The van der Waals surface area contributed by atoms with E-state index in [1.807, 2.05) is 11.9 Å². The standard InChI is InChI=1S/C11H18N4O/c1-14-9-10(8-12-14)13-11(16)15-6-4-2-3-5-7-15/h8-9H,2-7H2,1H3,(H,13,16). The first-order valence-electron chi connectivity index (χ1n) is 5.80. The molecule has 5 nitrogen and oxygen atoms in total. The van der Waals surface area contributed by atoms with E-state index in [-0.39, 0.29) is 6.03 Å². The summed E-state index contributed by atoms with van der Waals surface area (Å²) in [5.74, 6) is 0. The van der Waals surface area contributed by atoms with Crippen LogP contribution < -0.4 is 5.32 Å². The van der Waals surface area contributed by atoms with Crippen molar-refractivity contribution in [1.82, 2.24) is 14.7 Å². The lowest BCUT2D eigenvalue weighted by atomic mass is 10.2. The van der Waals surface area contributed by atoms with Crippen LogP contribution in [0, 0.1) is 0 Å². The lowest BCUT2D eigenvalue weighted by Crippen LogP contribution is -2.35. The van der Waals surface area contributed by atoms with E-state index in [4.69, 9.17) is 0 Å². The molecule has 0 unspecified atom stereocenters. The van der Waals surface area contributed by atoms with E-state index >= 15 is 0 Å². The van der Waals surface area contributed by atoms with E-state index in [1.54, 1.807) is 17.1 Å². The minimum Gasteiger partial charge on any atom is -0.325 e. The second-order valence-corrected chi connectivity index (χ2v) is 4.23. The van der Waals surface area contributed by atoms with Crippen LogP contribution in [0.1, 0.15) is 25.7 Å². The number of nitrogens with zero attached hydrogens (tertiary/aromatic N) is 3. The van der Waals surface area contributed by atoms with Gasteiger partial charge in [-0.25, -0.2) is 4.79 Å². The SMILES string of the molecule is Cn1cc(NC(=O)N2CCCCCC2)cn1. The number of carbonyl (C=O) groups is 1. The summed E-state index contributed by atoms with van der Waals surface area (Å²) in [6.07, 6.45) is 8.15. The number of hydrogen-bond acceptors (Lipinski definition) is 2. The molecule has 88 valence electrons. The van der Waals surface area contributed by atoms with Crippen LogP contribution in [0.5, 0.6) is 0 Å². The number of urea groups is 1. The smallest absolute Gasteiger partial charge is 0.321 e. The molecule has 1 aromatic heterocycles. The summed E-state index contributed by atoms with van der Waals surface area (Å²) in [5, 5.41) is 6.88. The molecule has 0 aromatic carbocycles. The third kappa shape index (κ3) is 2.74. The summed E-state index contributed by atoms with van der Waals surface area (Å²) < 4.78 is 1.68. The molecule has 0 radical (unpaired) electrons. The molecule has 1 fully saturated rings. The molecular formula is C11H18N4O. The highest BCUT2D eigenvalue weighted by Gasteiger charge is 2.15. The molecule has 0 atom stereocenters. The van der Waals surface area contributed by atoms with Crippen molar-refractivity contribution in [1.29, 1.82) is 0 Å². The van der Waals surface area contributed by atoms with Gasteiger partial charge in [-0.2, -0.15) is 5.10 Å². The van der Waals surface area contributed by atoms with E-state index in [0.717, 1.165) is 31.6 Å². The zero-order valence-electron chi connectivity index (χ0n) is 9.65. The number of aromatic nitrogens is 2. The Balaban J connectivity index is 1.91. The highest BCUT2D eigenvalue weighted by Crippen LogP contribution is 2.12. The van der Waals surface area contributed by atoms with Gasteiger partial charge in [-0.05, 0) is 12.8 Å². The molecule has 1 aromatic rings. The van der Waals surface area contributed by atoms with Gasteiger partial charge >= 0.3 is 6.03 Å². The van der Waals surface area contributed by atoms with Gasteiger partial charge in [0.2, 0.25) is 0 Å². The normalized spacial score (nSPS) is 16.9. The third-order valence-electron chi connectivity index (χ3n) is 2.85. The summed E-state index contributed by atoms with van der Waals surface area (Å²) in [6, 6.07) is -0.00472. The largest absolute Gasteiger partial charge is 0.325 e. The number of carbonyl (C=O) groups excluding carboxylic acids is 1. The minimum atomic E-state index is -0.00472. The number of rotatable bonds is 1. The first kappa shape index (κ1) is 11.0. The summed E-state index contributed by atoms with van der Waals surface area (Å²) in [4.78, 5) is 13.8. The Kier molecular flexibility index (Phi) is 3.44. The quantitative estimate of drug-likeness (QED) is 0.788. The Labute approximate surface area is 95.4 Å². The molecule has 0 spiro atoms. The predicted octanol–water partition coefficient (Wildman–Crippen LogP) is 1.83. The second kappa shape index (κ2) is 5.01. The maximum absolute atomic E-state index is 11.9. The van der Waals surface area contributed by atoms with E-state index in [0.29, 0.717) is 0 Å². The van der Waals surface area contributed by atoms with Crippen LogP contribution >= 0.6 is 0 Å². The number of anilines is 1. The van der Waals surface area contributed by atoms with Crippen molar-refractivity contribution in [3.05, 3.63) is 12.4 Å². The molecule has 0 saturated carbocycles. The fraction of sp³-hybridized carbons (Fsp3) is 0.636. The first-order chi connectivity index (χ1) is 7.75. The Morgan fingerprint density at radius 2 is 2.00 bits per heavy atom. The average Bonchev–Trinajstić information content (AvgIpc) is 2.56. The molecule has 2 heterocycles. The lowest BCUT2D eigenvalue weighted by Gasteiger charge is -2.20. The summed E-state index contributed by atoms with van der Waals surface area (Å²) in [7, 11) is 1.83. The Hall–Kier alpha value is -1.52. The molecule has 1 aliphatic heterocycles. The van der Waals surface area contributed by atoms with E-state index in [1.165, 1.54) is 12.8 Å². The van der Waals surface area contributed by atoms with Gasteiger partial charge in [0.25, 0.3) is 0 Å². The zero-order valence-corrected chi connectivity index (χ0v) is 9.65. The molecule has 2 rings (SSSR count). The van der Waals surface area contributed by atoms with Crippen molar-refractivity contribution in [2.24, 2.45) is 7.05 Å². The van der Waals surface area contributed by atoms with Gasteiger partial charge in [-0.1, -0.05) is 12.8 Å². The Morgan fingerprint density at radius 3 is 2.56 bits per heavy atom. The van der Waals surface area contributed by atoms with Crippen molar-refractivity contribution in [3.63, 3.8) is 0 Å². The zero-order chi connectivity index (χ0) is 11.4. The topological polar surface area (TPSA) is 50.2 Å². The van der Waals surface area contributed by atoms with Crippen molar-refractivity contribution >= 4 is 11.7 Å². The maximum atomic E-state index is 11.9. The summed E-state index contributed by atoms with van der Waals surface area (Å²) >= 11 is 0. The minimum absolute atomic E-state index is 0.00472. The fourth-order valence-corrected chi connectivity index (χ4v) is 1.96. The van der Waals surface area contributed by atoms with Gasteiger partial charge in [-0.3, -0.25) is 4.68 Å². The number of likely N-dealkylation sites (tertiary alicyclic amines) is 1. The van der Waals surface area contributed by atoms with Gasteiger partial charge in [0.05, 0.1) is 11.9 Å². The van der Waals surface area contributed by atoms with Crippen LogP contribution in [0.25, 0.3) is 0 Å². The summed E-state index contributed by atoms with van der Waals surface area (Å²) in [6.45, 7) is 1.73. The van der Waals surface area contributed by atoms with Crippen LogP contribution in [-0.2, 0) is 7.05 Å². The lowest BCUT2D eigenvalue weighted by molar-refractivity contribution is 0.214. The number of nitrogens with one attached hydrogen (secondary N) is 1. The molecule has 0 aliphatic carbocycles. The maximum Gasteiger partial charge on any atom is 0.321 e. The number of hydrogen-bond donors (Lipinski definition) is 1. The van der Waals surface area contributed by atoms with Crippen molar-refractivity contribution in [2.75, 3.05) is 18.4 Å². The number of aryl methyl sites for hydroxylation is 1. The van der Waals surface area contributed by atoms with Crippen molar-refractivity contribution in [2.45, 2.75) is 25.7 Å². The van der Waals surface area contributed by atoms with Gasteiger partial charge < -0.3 is 10.2 Å². The van der Waals surface area contributed by atoms with Crippen molar-refractivity contribution < 1.29 is 4.79 Å². The van der Waals surface area contributed by atoms with Gasteiger partial charge in [0.15, 0.2) is 0 Å². The van der Waals surface area contributed by atoms with Gasteiger partial charge in [0, 0.05) is 26.3 Å². The van der Waals surface area contributed by atoms with Crippen molar-refractivity contribution in [3.8, 4) is 0 Å². The van der Waals surface area contributed by atoms with Crippen LogP contribution in [0.4, 0.5) is 10.5 Å². The van der Waals surface area contributed by atoms with Crippen LogP contribution in [0.2, 0.25) is 0 Å². The van der Waals surface area contributed by atoms with Crippen LogP contribution in [0.3, 0.4) is 0 Å². The molecule has 1 saturated heterocycles. The number of amides is 2. The predicted molar refractivity (Wildman–Crippen MR) is 62.3 cm³/mol. The van der Waals surface area contributed by atoms with E-state index in [9.17, 15) is 4.79 Å². The highest BCUT2D eigenvalue weighted by atomic mass is 16.2. The molecule has 0 bridgehead atoms. The first-order valence-corrected chi connectivity index (χ1v) is 5.80. The van der Waals surface area contributed by atoms with Gasteiger partial charge in [-0.15, -0.1) is 0 Å². The van der Waals surface area contributed by atoms with Gasteiger partial charge in [0.1, 0.15) is 0 Å². The molecule has 16 heavy (non-hydrogen) atoms. The van der Waals surface area contributed by atoms with Crippen LogP contribution in [-0.4, -0.2) is 33.8 Å². The van der Waals surface area contributed by atoms with Crippen LogP contribution in [0.15, 0.2) is 12.4 Å². The Bertz CT molecular complexity index is 353. The molecule has 2 amide bonds. The summed E-state index contributed by atoms with van der Waals surface area (Å²) in [5.41, 5.74) is 0.761. The molecular weight excluding hydrogens is 204 g/mol. The van der Waals surface area contributed by atoms with E-state index < -0.39 is 0 Å². The molecule has 1 aliphatic rings. The fourth-order valence-electron chi connectivity index (χ4n) is 1.96. The highest BCUT2D eigenvalue weighted by molar-refractivity contribution is 5.88. The Morgan fingerprint density at radius 1 is 1.31 bits per heavy atom. The monoisotopic (exact) mass is 222 g/mol. The molecule has 5 heteroatoms.